The Labute approximate surface area is 165 Å². The lowest BCUT2D eigenvalue weighted by Gasteiger charge is -2.31. The van der Waals surface area contributed by atoms with Gasteiger partial charge < -0.3 is 20.3 Å². The summed E-state index contributed by atoms with van der Waals surface area (Å²) in [6.45, 7) is 6.16. The van der Waals surface area contributed by atoms with Crippen molar-refractivity contribution < 1.29 is 19.7 Å². The van der Waals surface area contributed by atoms with Crippen LogP contribution in [-0.4, -0.2) is 64.5 Å². The zero-order valence-electron chi connectivity index (χ0n) is 16.3. The Morgan fingerprint density at radius 3 is 2.75 bits per heavy atom. The highest BCUT2D eigenvalue weighted by Gasteiger charge is 2.33. The second-order valence-electron chi connectivity index (χ2n) is 7.46. The maximum absolute atomic E-state index is 12.2. The van der Waals surface area contributed by atoms with E-state index in [0.717, 1.165) is 16.7 Å². The number of β-amino-alcohol motifs (C(OH)–C–C–N with tert-alkyl or cyclic N) is 1. The topological polar surface area (TPSA) is 94.9 Å². The highest BCUT2D eigenvalue weighted by Crippen LogP contribution is 2.24. The zero-order chi connectivity index (χ0) is 20.1. The lowest BCUT2D eigenvalue weighted by Crippen LogP contribution is -2.52. The molecule has 3 N–H and O–H groups in total. The number of carbonyl (C=O) groups is 1. The van der Waals surface area contributed by atoms with Crippen molar-refractivity contribution in [1.29, 1.82) is 0 Å². The average Bonchev–Trinajstić information content (AvgIpc) is 2.86. The summed E-state index contributed by atoms with van der Waals surface area (Å²) in [4.78, 5) is 18.4. The molecule has 0 saturated carbocycles. The number of ether oxygens (including phenoxy) is 1. The van der Waals surface area contributed by atoms with Crippen LogP contribution in [0.1, 0.15) is 27.2 Å². The predicted octanol–water partition coefficient (Wildman–Crippen LogP) is 1.40. The fourth-order valence-corrected chi connectivity index (χ4v) is 3.47. The van der Waals surface area contributed by atoms with Crippen LogP contribution in [0.2, 0.25) is 0 Å². The Balaban J connectivity index is 1.64. The van der Waals surface area contributed by atoms with Crippen LogP contribution in [0.15, 0.2) is 36.5 Å². The van der Waals surface area contributed by atoms with Crippen LogP contribution in [0, 0.1) is 13.8 Å². The fourth-order valence-electron chi connectivity index (χ4n) is 3.47. The van der Waals surface area contributed by atoms with Crippen LogP contribution < -0.4 is 5.32 Å². The minimum Gasteiger partial charge on any atom is -0.507 e. The molecule has 1 saturated heterocycles. The molecule has 0 spiro atoms. The van der Waals surface area contributed by atoms with Gasteiger partial charge in [0.15, 0.2) is 0 Å². The Kier molecular flexibility index (Phi) is 6.28. The van der Waals surface area contributed by atoms with Gasteiger partial charge in [0.05, 0.1) is 19.8 Å². The minimum absolute atomic E-state index is 0.0759. The molecule has 0 bridgehead atoms. The standard InChI is InChI=1S/C21H27N3O4/c1-15-9-17(10-16(2)19(15)25)11-24-7-8-28-14-21(27,13-24)12-23-20(26)18-5-3-4-6-22-18/h3-6,9-10,25,27H,7-8,11-14H2,1-2H3,(H,23,26). The molecule has 28 heavy (non-hydrogen) atoms. The Hall–Kier alpha value is -2.48. The van der Waals surface area contributed by atoms with Gasteiger partial charge in [0.25, 0.3) is 5.91 Å². The molecule has 0 aliphatic carbocycles. The van der Waals surface area contributed by atoms with E-state index in [4.69, 9.17) is 4.74 Å². The maximum atomic E-state index is 12.2. The molecule has 1 unspecified atom stereocenters. The zero-order valence-corrected chi connectivity index (χ0v) is 16.3. The Morgan fingerprint density at radius 1 is 1.32 bits per heavy atom. The first-order valence-electron chi connectivity index (χ1n) is 9.37. The summed E-state index contributed by atoms with van der Waals surface area (Å²) in [7, 11) is 0. The number of carbonyl (C=O) groups excluding carboxylic acids is 1. The van der Waals surface area contributed by atoms with Crippen molar-refractivity contribution in [3.05, 3.63) is 58.9 Å². The number of benzene rings is 1. The molecule has 2 heterocycles. The van der Waals surface area contributed by atoms with E-state index in [1.54, 1.807) is 24.4 Å². The molecule has 7 heteroatoms. The number of aliphatic hydroxyl groups is 1. The summed E-state index contributed by atoms with van der Waals surface area (Å²) in [5, 5.41) is 23.7. The second kappa shape index (κ2) is 8.68. The van der Waals surface area contributed by atoms with Crippen LogP contribution >= 0.6 is 0 Å². The first kappa shape index (κ1) is 20.3. The molecule has 1 aromatic carbocycles. The van der Waals surface area contributed by atoms with Crippen molar-refractivity contribution in [1.82, 2.24) is 15.2 Å². The van der Waals surface area contributed by atoms with Crippen molar-refractivity contribution in [3.8, 4) is 5.75 Å². The van der Waals surface area contributed by atoms with E-state index in [9.17, 15) is 15.0 Å². The smallest absolute Gasteiger partial charge is 0.269 e. The monoisotopic (exact) mass is 385 g/mol. The molecule has 1 atom stereocenters. The molecule has 0 radical (unpaired) electrons. The normalized spacial score (nSPS) is 20.5. The number of phenols is 1. The molecule has 7 nitrogen and oxygen atoms in total. The largest absolute Gasteiger partial charge is 0.507 e. The number of aromatic hydroxyl groups is 1. The van der Waals surface area contributed by atoms with Gasteiger partial charge in [-0.15, -0.1) is 0 Å². The van der Waals surface area contributed by atoms with E-state index >= 15 is 0 Å². The van der Waals surface area contributed by atoms with Gasteiger partial charge in [0.2, 0.25) is 0 Å². The highest BCUT2D eigenvalue weighted by atomic mass is 16.5. The number of aromatic nitrogens is 1. The fraction of sp³-hybridized carbons (Fsp3) is 0.429. The number of phenolic OH excluding ortho intramolecular Hbond substituents is 1. The summed E-state index contributed by atoms with van der Waals surface area (Å²) in [6.07, 6.45) is 1.56. The van der Waals surface area contributed by atoms with E-state index in [2.05, 4.69) is 15.2 Å². The van der Waals surface area contributed by atoms with Crippen LogP contribution in [0.3, 0.4) is 0 Å². The molecule has 3 rings (SSSR count). The van der Waals surface area contributed by atoms with Gasteiger partial charge in [0, 0.05) is 25.8 Å². The lowest BCUT2D eigenvalue weighted by molar-refractivity contribution is -0.0345. The summed E-state index contributed by atoms with van der Waals surface area (Å²) < 4.78 is 5.58. The number of hydrogen-bond donors (Lipinski definition) is 3. The van der Waals surface area contributed by atoms with Crippen LogP contribution in [-0.2, 0) is 11.3 Å². The van der Waals surface area contributed by atoms with E-state index < -0.39 is 5.60 Å². The molecular weight excluding hydrogens is 358 g/mol. The summed E-state index contributed by atoms with van der Waals surface area (Å²) in [6, 6.07) is 9.03. The minimum atomic E-state index is -1.19. The van der Waals surface area contributed by atoms with Gasteiger partial charge in [-0.3, -0.25) is 14.7 Å². The Bertz CT molecular complexity index is 805. The second-order valence-corrected chi connectivity index (χ2v) is 7.46. The van der Waals surface area contributed by atoms with Gasteiger partial charge in [-0.05, 0) is 42.7 Å². The van der Waals surface area contributed by atoms with E-state index in [1.165, 1.54) is 0 Å². The lowest BCUT2D eigenvalue weighted by atomic mass is 10.0. The summed E-state index contributed by atoms with van der Waals surface area (Å²) in [5.74, 6) is -0.00806. The SMILES string of the molecule is Cc1cc(CN2CCOCC(O)(CNC(=O)c3ccccn3)C2)cc(C)c1O. The van der Waals surface area contributed by atoms with E-state index in [0.29, 0.717) is 37.7 Å². The number of hydrogen-bond acceptors (Lipinski definition) is 6. The third-order valence-corrected chi connectivity index (χ3v) is 4.87. The number of nitrogens with zero attached hydrogens (tertiary/aromatic N) is 2. The summed E-state index contributed by atoms with van der Waals surface area (Å²) in [5.41, 5.74) is 1.85. The third-order valence-electron chi connectivity index (χ3n) is 4.87. The molecular formula is C21H27N3O4. The van der Waals surface area contributed by atoms with Gasteiger partial charge in [-0.1, -0.05) is 18.2 Å². The molecule has 1 aromatic heterocycles. The molecule has 1 amide bonds. The van der Waals surface area contributed by atoms with Gasteiger partial charge in [-0.25, -0.2) is 0 Å². The first-order chi connectivity index (χ1) is 13.4. The molecule has 2 aromatic rings. The van der Waals surface area contributed by atoms with E-state index in [-0.39, 0.29) is 19.1 Å². The summed E-state index contributed by atoms with van der Waals surface area (Å²) >= 11 is 0. The number of rotatable bonds is 5. The molecule has 150 valence electrons. The van der Waals surface area contributed by atoms with Crippen LogP contribution in [0.25, 0.3) is 0 Å². The first-order valence-corrected chi connectivity index (χ1v) is 9.37. The highest BCUT2D eigenvalue weighted by molar-refractivity contribution is 5.92. The third kappa shape index (κ3) is 5.07. The number of amides is 1. The predicted molar refractivity (Wildman–Crippen MR) is 105 cm³/mol. The van der Waals surface area contributed by atoms with Crippen molar-refractivity contribution in [2.45, 2.75) is 26.0 Å². The molecule has 1 aliphatic rings. The molecule has 1 fully saturated rings. The molecule has 1 aliphatic heterocycles. The van der Waals surface area contributed by atoms with Gasteiger partial charge in [-0.2, -0.15) is 0 Å². The van der Waals surface area contributed by atoms with Crippen molar-refractivity contribution in [2.24, 2.45) is 0 Å². The van der Waals surface area contributed by atoms with Crippen LogP contribution in [0.5, 0.6) is 5.75 Å². The number of pyridine rings is 1. The van der Waals surface area contributed by atoms with Gasteiger partial charge in [0.1, 0.15) is 17.0 Å². The quantitative estimate of drug-likeness (QED) is 0.720. The number of aryl methyl sites for hydroxylation is 2. The van der Waals surface area contributed by atoms with E-state index in [1.807, 2.05) is 26.0 Å². The van der Waals surface area contributed by atoms with Gasteiger partial charge >= 0.3 is 0 Å². The number of nitrogens with one attached hydrogen (secondary N) is 1. The average molecular weight is 385 g/mol. The van der Waals surface area contributed by atoms with Crippen LogP contribution in [0.4, 0.5) is 0 Å². The Morgan fingerprint density at radius 2 is 2.07 bits per heavy atom. The van der Waals surface area contributed by atoms with Crippen molar-refractivity contribution >= 4 is 5.91 Å². The van der Waals surface area contributed by atoms with Crippen molar-refractivity contribution in [3.63, 3.8) is 0 Å². The maximum Gasteiger partial charge on any atom is 0.269 e. The van der Waals surface area contributed by atoms with Crippen molar-refractivity contribution in [2.75, 3.05) is 32.8 Å².